The minimum absolute atomic E-state index is 0.0535. The Morgan fingerprint density at radius 3 is 2.46 bits per heavy atom. The van der Waals surface area contributed by atoms with Crippen molar-refractivity contribution in [3.63, 3.8) is 0 Å². The molecule has 46 heavy (non-hydrogen) atoms. The van der Waals surface area contributed by atoms with Crippen LogP contribution in [0.3, 0.4) is 0 Å². The van der Waals surface area contributed by atoms with Crippen molar-refractivity contribution in [1.82, 2.24) is 14.9 Å². The molecule has 244 valence electrons. The molecule has 0 bridgehead atoms. The lowest BCUT2D eigenvalue weighted by Crippen LogP contribution is -2.39. The summed E-state index contributed by atoms with van der Waals surface area (Å²) in [6, 6.07) is 9.07. The van der Waals surface area contributed by atoms with Gasteiger partial charge >= 0.3 is 18.2 Å². The molecule has 12 heteroatoms. The fraction of sp³-hybridized carbons (Fsp3) is 0.471. The number of aryl methyl sites for hydroxylation is 1. The number of aromatic nitrogens is 2. The van der Waals surface area contributed by atoms with Crippen LogP contribution in [-0.2, 0) is 27.0 Å². The SMILES string of the molecule is COC(=O)[C@H]1CC[C@H](c2ccc(Cl)c(-c3cnc(N4CCC4)nc3CN3C(=O)O[C@H](c4cc(C)cc(C(F)(F)F)c4)[C@@H]3C)c2)CC1. The van der Waals surface area contributed by atoms with E-state index in [1.165, 1.54) is 12.0 Å². The Kier molecular flexibility index (Phi) is 8.89. The molecular weight excluding hydrogens is 621 g/mol. The Morgan fingerprint density at radius 2 is 1.80 bits per heavy atom. The molecule has 0 unspecified atom stereocenters. The van der Waals surface area contributed by atoms with Crippen molar-refractivity contribution in [2.75, 3.05) is 25.1 Å². The van der Waals surface area contributed by atoms with E-state index in [0.29, 0.717) is 27.8 Å². The van der Waals surface area contributed by atoms with Gasteiger partial charge in [-0.2, -0.15) is 13.2 Å². The number of cyclic esters (lactones) is 1. The van der Waals surface area contributed by atoms with E-state index < -0.39 is 30.0 Å². The van der Waals surface area contributed by atoms with Crippen LogP contribution in [0.5, 0.6) is 0 Å². The van der Waals surface area contributed by atoms with Crippen molar-refractivity contribution in [2.45, 2.75) is 76.7 Å². The van der Waals surface area contributed by atoms with E-state index in [4.69, 9.17) is 26.1 Å². The van der Waals surface area contributed by atoms with Crippen LogP contribution in [0, 0.1) is 12.8 Å². The summed E-state index contributed by atoms with van der Waals surface area (Å²) in [6.07, 6.45) is -0.118. The van der Waals surface area contributed by atoms with Gasteiger partial charge in [0.25, 0.3) is 0 Å². The molecule has 8 nitrogen and oxygen atoms in total. The number of amides is 1. The maximum absolute atomic E-state index is 13.6. The second-order valence-electron chi connectivity index (χ2n) is 12.5. The smallest absolute Gasteiger partial charge is 0.416 e. The summed E-state index contributed by atoms with van der Waals surface area (Å²) in [5, 5.41) is 0.503. The minimum atomic E-state index is -4.52. The van der Waals surface area contributed by atoms with Crippen molar-refractivity contribution in [2.24, 2.45) is 5.92 Å². The van der Waals surface area contributed by atoms with Gasteiger partial charge in [0.1, 0.15) is 6.10 Å². The number of hydrogen-bond acceptors (Lipinski definition) is 7. The molecule has 2 atom stereocenters. The highest BCUT2D eigenvalue weighted by Crippen LogP contribution is 2.42. The molecule has 2 aliphatic heterocycles. The lowest BCUT2D eigenvalue weighted by molar-refractivity contribution is -0.146. The van der Waals surface area contributed by atoms with Crippen LogP contribution in [-0.4, -0.2) is 53.2 Å². The van der Waals surface area contributed by atoms with E-state index in [1.54, 1.807) is 26.1 Å². The molecule has 2 saturated heterocycles. The minimum Gasteiger partial charge on any atom is -0.469 e. The molecule has 1 amide bonds. The van der Waals surface area contributed by atoms with Crippen molar-refractivity contribution in [1.29, 1.82) is 0 Å². The van der Waals surface area contributed by atoms with Gasteiger partial charge < -0.3 is 14.4 Å². The fourth-order valence-corrected chi connectivity index (χ4v) is 6.93. The number of ether oxygens (including phenoxy) is 2. The van der Waals surface area contributed by atoms with Gasteiger partial charge in [0.2, 0.25) is 5.95 Å². The molecule has 6 rings (SSSR count). The van der Waals surface area contributed by atoms with Crippen molar-refractivity contribution in [3.05, 3.63) is 75.6 Å². The molecule has 1 saturated carbocycles. The highest BCUT2D eigenvalue weighted by molar-refractivity contribution is 6.33. The zero-order valence-electron chi connectivity index (χ0n) is 25.9. The predicted molar refractivity (Wildman–Crippen MR) is 166 cm³/mol. The van der Waals surface area contributed by atoms with Crippen molar-refractivity contribution < 1.29 is 32.2 Å². The summed E-state index contributed by atoms with van der Waals surface area (Å²) in [6.45, 7) is 5.05. The molecule has 0 spiro atoms. The standard InChI is InChI=1S/C34H36ClF3N4O4/c1-19-13-24(15-25(14-19)34(36,37)38)30-20(2)42(33(44)46-30)18-29-27(17-39-32(40-29)41-11-4-12-41)26-16-23(9-10-28(26)35)21-5-7-22(8-6-21)31(43)45-3/h9-10,13-17,20-22,30H,4-8,11-12,18H2,1-3H3/t20-,21-,22-,30-/m0/s1. The molecule has 3 aliphatic rings. The van der Waals surface area contributed by atoms with Gasteiger partial charge in [-0.3, -0.25) is 9.69 Å². The van der Waals surface area contributed by atoms with Crippen LogP contribution in [0.4, 0.5) is 23.9 Å². The van der Waals surface area contributed by atoms with Crippen LogP contribution >= 0.6 is 11.6 Å². The van der Waals surface area contributed by atoms with Gasteiger partial charge in [-0.25, -0.2) is 14.8 Å². The van der Waals surface area contributed by atoms with E-state index in [0.717, 1.165) is 68.5 Å². The summed E-state index contributed by atoms with van der Waals surface area (Å²) >= 11 is 6.79. The number of rotatable bonds is 7. The van der Waals surface area contributed by atoms with Gasteiger partial charge in [-0.1, -0.05) is 29.3 Å². The number of nitrogens with zero attached hydrogens (tertiary/aromatic N) is 4. The Balaban J connectivity index is 1.31. The number of hydrogen-bond donors (Lipinski definition) is 0. The molecule has 3 fully saturated rings. The van der Waals surface area contributed by atoms with E-state index in [1.807, 2.05) is 23.1 Å². The first-order chi connectivity index (χ1) is 21.9. The van der Waals surface area contributed by atoms with Gasteiger partial charge in [-0.15, -0.1) is 0 Å². The number of methoxy groups -OCH3 is 1. The van der Waals surface area contributed by atoms with Crippen molar-refractivity contribution >= 4 is 29.6 Å². The zero-order chi connectivity index (χ0) is 32.7. The average molecular weight is 657 g/mol. The molecule has 1 aromatic heterocycles. The molecule has 2 aromatic carbocycles. The number of halogens is 4. The van der Waals surface area contributed by atoms with Gasteiger partial charge in [0.05, 0.1) is 36.9 Å². The van der Waals surface area contributed by atoms with E-state index in [2.05, 4.69) is 4.98 Å². The van der Waals surface area contributed by atoms with E-state index in [9.17, 15) is 22.8 Å². The third kappa shape index (κ3) is 6.38. The van der Waals surface area contributed by atoms with E-state index in [-0.39, 0.29) is 29.9 Å². The summed E-state index contributed by atoms with van der Waals surface area (Å²) in [4.78, 5) is 38.4. The molecule has 0 radical (unpaired) electrons. The largest absolute Gasteiger partial charge is 0.469 e. The molecule has 3 aromatic rings. The van der Waals surface area contributed by atoms with Crippen LogP contribution < -0.4 is 4.90 Å². The molecule has 0 N–H and O–H groups in total. The number of alkyl halides is 3. The Labute approximate surface area is 270 Å². The normalized spacial score (nSPS) is 23.2. The van der Waals surface area contributed by atoms with Crippen molar-refractivity contribution in [3.8, 4) is 11.1 Å². The Bertz CT molecular complexity index is 1640. The summed E-state index contributed by atoms with van der Waals surface area (Å²) in [7, 11) is 1.42. The highest BCUT2D eigenvalue weighted by Gasteiger charge is 2.42. The number of anilines is 1. The predicted octanol–water partition coefficient (Wildman–Crippen LogP) is 7.86. The summed E-state index contributed by atoms with van der Waals surface area (Å²) < 4.78 is 51.4. The third-order valence-electron chi connectivity index (χ3n) is 9.48. The van der Waals surface area contributed by atoms with Gasteiger partial charge in [0, 0.05) is 35.4 Å². The monoisotopic (exact) mass is 656 g/mol. The maximum Gasteiger partial charge on any atom is 0.416 e. The number of benzene rings is 2. The first-order valence-corrected chi connectivity index (χ1v) is 15.9. The topological polar surface area (TPSA) is 84.9 Å². The maximum atomic E-state index is 13.6. The summed E-state index contributed by atoms with van der Waals surface area (Å²) in [5.74, 6) is 0.531. The Morgan fingerprint density at radius 1 is 1.07 bits per heavy atom. The van der Waals surface area contributed by atoms with Gasteiger partial charge in [-0.05, 0) is 87.3 Å². The van der Waals surface area contributed by atoms with E-state index >= 15 is 0 Å². The third-order valence-corrected chi connectivity index (χ3v) is 9.80. The lowest BCUT2D eigenvalue weighted by Gasteiger charge is -2.31. The Hall–Kier alpha value is -3.86. The van der Waals surface area contributed by atoms with Crippen LogP contribution in [0.1, 0.15) is 79.0 Å². The van der Waals surface area contributed by atoms with Gasteiger partial charge in [0.15, 0.2) is 0 Å². The number of esters is 1. The lowest BCUT2D eigenvalue weighted by atomic mass is 9.78. The fourth-order valence-electron chi connectivity index (χ4n) is 6.71. The zero-order valence-corrected chi connectivity index (χ0v) is 26.7. The second kappa shape index (κ2) is 12.7. The molecular formula is C34H36ClF3N4O4. The first kappa shape index (κ1) is 32.1. The highest BCUT2D eigenvalue weighted by atomic mass is 35.5. The first-order valence-electron chi connectivity index (χ1n) is 15.6. The second-order valence-corrected chi connectivity index (χ2v) is 12.9. The quantitative estimate of drug-likeness (QED) is 0.239. The number of carbonyl (C=O) groups excluding carboxylic acids is 2. The number of carbonyl (C=O) groups is 2. The average Bonchev–Trinajstić information content (AvgIpc) is 3.28. The summed E-state index contributed by atoms with van der Waals surface area (Å²) in [5.41, 5.74) is 2.98. The molecule has 3 heterocycles. The van der Waals surface area contributed by atoms with Crippen LogP contribution in [0.2, 0.25) is 5.02 Å². The van der Waals surface area contributed by atoms with Crippen LogP contribution in [0.25, 0.3) is 11.1 Å². The molecule has 1 aliphatic carbocycles. The van der Waals surface area contributed by atoms with Crippen LogP contribution in [0.15, 0.2) is 42.6 Å².